The third kappa shape index (κ3) is 3.19. The molecule has 6 rings (SSSR count). The highest BCUT2D eigenvalue weighted by atomic mass is 35.5. The first-order valence-electron chi connectivity index (χ1n) is 11.4. The Balaban J connectivity index is 1.46. The Hall–Kier alpha value is -3.96. The van der Waals surface area contributed by atoms with Crippen molar-refractivity contribution < 1.29 is 19.5 Å². The molecule has 1 saturated heterocycles. The van der Waals surface area contributed by atoms with Gasteiger partial charge >= 0.3 is 5.97 Å². The summed E-state index contributed by atoms with van der Waals surface area (Å²) in [4.78, 5) is 40.0. The molecular weight excluding hydrogens is 462 g/mol. The van der Waals surface area contributed by atoms with Crippen molar-refractivity contribution in [1.82, 2.24) is 0 Å². The number of halogens is 1. The van der Waals surface area contributed by atoms with Crippen molar-refractivity contribution in [3.63, 3.8) is 0 Å². The van der Waals surface area contributed by atoms with Gasteiger partial charge in [0, 0.05) is 11.8 Å². The number of nitrogens with zero attached hydrogens (tertiary/aromatic N) is 1. The number of carbonyl (C=O) groups is 3. The number of carbonyl (C=O) groups excluding carboxylic acids is 2. The Labute approximate surface area is 207 Å². The predicted molar refractivity (Wildman–Crippen MR) is 133 cm³/mol. The number of anilines is 1. The molecule has 1 aliphatic heterocycles. The molecule has 3 aliphatic rings. The lowest BCUT2D eigenvalue weighted by molar-refractivity contribution is -0.122. The average molecular weight is 482 g/mol. The van der Waals surface area contributed by atoms with Gasteiger partial charge in [0.1, 0.15) is 0 Å². The number of rotatable bonds is 4. The summed E-state index contributed by atoms with van der Waals surface area (Å²) in [5.74, 6) is -3.24. The molecular formula is C29H20ClNO4. The van der Waals surface area contributed by atoms with Crippen LogP contribution in [-0.2, 0) is 9.59 Å². The highest BCUT2D eigenvalue weighted by Gasteiger charge is 2.62. The third-order valence-electron chi connectivity index (χ3n) is 7.27. The van der Waals surface area contributed by atoms with Crippen LogP contribution in [0.15, 0.2) is 96.6 Å². The van der Waals surface area contributed by atoms with Gasteiger partial charge in [-0.1, -0.05) is 84.4 Å². The number of fused-ring (bicyclic) bond motifs is 5. The van der Waals surface area contributed by atoms with Crippen molar-refractivity contribution in [2.24, 2.45) is 23.7 Å². The van der Waals surface area contributed by atoms with Crippen LogP contribution in [0.4, 0.5) is 5.69 Å². The zero-order valence-corrected chi connectivity index (χ0v) is 19.2. The van der Waals surface area contributed by atoms with Gasteiger partial charge in [-0.25, -0.2) is 9.69 Å². The maximum absolute atomic E-state index is 13.7. The van der Waals surface area contributed by atoms with Crippen molar-refractivity contribution >= 4 is 40.6 Å². The molecule has 1 heterocycles. The molecule has 0 aromatic heterocycles. The lowest BCUT2D eigenvalue weighted by atomic mass is 9.85. The number of amides is 2. The quantitative estimate of drug-likeness (QED) is 0.396. The van der Waals surface area contributed by atoms with Crippen molar-refractivity contribution in [3.8, 4) is 0 Å². The lowest BCUT2D eigenvalue weighted by Crippen LogP contribution is -2.33. The maximum Gasteiger partial charge on any atom is 0.337 e. The van der Waals surface area contributed by atoms with Crippen LogP contribution < -0.4 is 4.90 Å². The minimum atomic E-state index is -1.21. The van der Waals surface area contributed by atoms with Gasteiger partial charge in [-0.15, -0.1) is 0 Å². The minimum absolute atomic E-state index is 0.0582. The summed E-state index contributed by atoms with van der Waals surface area (Å²) in [6, 6.07) is 24.3. The molecule has 3 aromatic rings. The van der Waals surface area contributed by atoms with Gasteiger partial charge in [0.2, 0.25) is 11.8 Å². The molecule has 6 heteroatoms. The van der Waals surface area contributed by atoms with Crippen molar-refractivity contribution in [2.75, 3.05) is 4.90 Å². The second-order valence-electron chi connectivity index (χ2n) is 9.03. The molecule has 172 valence electrons. The number of hydrogen-bond donors (Lipinski definition) is 1. The van der Waals surface area contributed by atoms with Crippen LogP contribution in [0.2, 0.25) is 5.02 Å². The van der Waals surface area contributed by atoms with E-state index in [4.69, 9.17) is 11.6 Å². The molecule has 3 aromatic carbocycles. The first-order chi connectivity index (χ1) is 17.0. The van der Waals surface area contributed by atoms with E-state index in [0.717, 1.165) is 27.2 Å². The molecule has 0 radical (unpaired) electrons. The number of hydrogen-bond acceptors (Lipinski definition) is 3. The van der Waals surface area contributed by atoms with Crippen molar-refractivity contribution in [1.29, 1.82) is 0 Å². The van der Waals surface area contributed by atoms with Crippen LogP contribution in [0.5, 0.6) is 0 Å². The largest absolute Gasteiger partial charge is 0.478 e. The molecule has 4 atom stereocenters. The third-order valence-corrected chi connectivity index (χ3v) is 7.60. The number of aromatic carboxylic acids is 1. The molecule has 5 nitrogen and oxygen atoms in total. The Kier molecular flexibility index (Phi) is 4.97. The van der Waals surface area contributed by atoms with Crippen LogP contribution in [0.1, 0.15) is 21.5 Å². The fourth-order valence-corrected chi connectivity index (χ4v) is 6.08. The first kappa shape index (κ1) is 21.6. The smallest absolute Gasteiger partial charge is 0.337 e. The minimum Gasteiger partial charge on any atom is -0.478 e. The summed E-state index contributed by atoms with van der Waals surface area (Å²) >= 11 is 6.01. The van der Waals surface area contributed by atoms with Crippen LogP contribution in [-0.4, -0.2) is 22.9 Å². The summed E-state index contributed by atoms with van der Waals surface area (Å²) in [7, 11) is 0. The molecule has 0 spiro atoms. The number of carboxylic acid groups (broad SMARTS) is 1. The van der Waals surface area contributed by atoms with E-state index in [1.54, 1.807) is 0 Å². The molecule has 0 unspecified atom stereocenters. The molecule has 2 fully saturated rings. The van der Waals surface area contributed by atoms with E-state index in [1.807, 2.05) is 48.6 Å². The molecule has 1 N–H and O–H groups in total. The molecule has 2 aliphatic carbocycles. The lowest BCUT2D eigenvalue weighted by Gasteiger charge is -2.22. The van der Waals surface area contributed by atoms with Gasteiger partial charge in [-0.05, 0) is 40.5 Å². The SMILES string of the molecule is O=C(O)c1cc(N2C(=O)[C@H]3[C@H](C2=O)[C@@H]2C=C[C@@H]3C2=C(c2ccccc2)c2ccccc2)ccc1Cl. The second-order valence-corrected chi connectivity index (χ2v) is 9.44. The van der Waals surface area contributed by atoms with Crippen molar-refractivity contribution in [2.45, 2.75) is 0 Å². The van der Waals surface area contributed by atoms with E-state index < -0.39 is 17.8 Å². The van der Waals surface area contributed by atoms with Crippen LogP contribution in [0.25, 0.3) is 5.57 Å². The Bertz CT molecular complexity index is 1370. The first-order valence-corrected chi connectivity index (χ1v) is 11.8. The highest BCUT2D eigenvalue weighted by Crippen LogP contribution is 2.58. The monoisotopic (exact) mass is 481 g/mol. The Morgan fingerprint density at radius 1 is 0.771 bits per heavy atom. The molecule has 1 saturated carbocycles. The van der Waals surface area contributed by atoms with Gasteiger partial charge in [0.15, 0.2) is 0 Å². The summed E-state index contributed by atoms with van der Waals surface area (Å²) in [5.41, 5.74) is 4.36. The molecule has 2 bridgehead atoms. The standard InChI is InChI=1S/C29H20ClNO4/c30-22-14-11-18(15-21(22)29(34)35)31-27(32)25-19-12-13-20(26(25)28(31)33)24(19)23(16-7-3-1-4-8-16)17-9-5-2-6-10-17/h1-15,19-20,25-26H,(H,34,35)/t19-,20-,25-,26-/m1/s1. The van der Waals surface area contributed by atoms with Gasteiger partial charge in [0.25, 0.3) is 0 Å². The van der Waals surface area contributed by atoms with E-state index >= 15 is 0 Å². The Morgan fingerprint density at radius 3 is 1.77 bits per heavy atom. The predicted octanol–water partition coefficient (Wildman–Crippen LogP) is 5.46. The highest BCUT2D eigenvalue weighted by molar-refractivity contribution is 6.34. The van der Waals surface area contributed by atoms with E-state index in [9.17, 15) is 19.5 Å². The zero-order valence-electron chi connectivity index (χ0n) is 18.5. The summed E-state index contributed by atoms with van der Waals surface area (Å²) < 4.78 is 0. The zero-order chi connectivity index (χ0) is 24.3. The summed E-state index contributed by atoms with van der Waals surface area (Å²) in [6.07, 6.45) is 4.10. The maximum atomic E-state index is 13.7. The van der Waals surface area contributed by atoms with E-state index in [-0.39, 0.29) is 39.9 Å². The van der Waals surface area contributed by atoms with Crippen LogP contribution in [0, 0.1) is 23.7 Å². The fourth-order valence-electron chi connectivity index (χ4n) is 5.88. The molecule has 35 heavy (non-hydrogen) atoms. The van der Waals surface area contributed by atoms with E-state index in [2.05, 4.69) is 24.3 Å². The van der Waals surface area contributed by atoms with E-state index in [1.165, 1.54) is 18.2 Å². The topological polar surface area (TPSA) is 74.7 Å². The number of imide groups is 1. The summed E-state index contributed by atoms with van der Waals surface area (Å²) in [6.45, 7) is 0. The van der Waals surface area contributed by atoms with Gasteiger partial charge < -0.3 is 5.11 Å². The van der Waals surface area contributed by atoms with Crippen molar-refractivity contribution in [3.05, 3.63) is 118 Å². The van der Waals surface area contributed by atoms with E-state index in [0.29, 0.717) is 0 Å². The van der Waals surface area contributed by atoms with Gasteiger partial charge in [-0.3, -0.25) is 9.59 Å². The number of carboxylic acids is 1. The second kappa shape index (κ2) is 8.07. The average Bonchev–Trinajstić information content (AvgIpc) is 3.50. The van der Waals surface area contributed by atoms with Crippen LogP contribution >= 0.6 is 11.6 Å². The number of benzene rings is 3. The normalized spacial score (nSPS) is 24.3. The van der Waals surface area contributed by atoms with Gasteiger partial charge in [0.05, 0.1) is 28.1 Å². The van der Waals surface area contributed by atoms with Crippen LogP contribution in [0.3, 0.4) is 0 Å². The Morgan fingerprint density at radius 2 is 1.29 bits per heavy atom. The fraction of sp³-hybridized carbons (Fsp3) is 0.138. The number of allylic oxidation sites excluding steroid dienone is 3. The molecule has 2 amide bonds. The van der Waals surface area contributed by atoms with Gasteiger partial charge in [-0.2, -0.15) is 0 Å². The summed E-state index contributed by atoms with van der Waals surface area (Å²) in [5, 5.41) is 9.50.